The summed E-state index contributed by atoms with van der Waals surface area (Å²) in [5.41, 5.74) is 5.94. The minimum absolute atomic E-state index is 0.0173. The minimum Gasteiger partial charge on any atom is -0.494 e. The van der Waals surface area contributed by atoms with E-state index in [2.05, 4.69) is 10.9 Å². The maximum atomic E-state index is 13.0. The molecule has 8 heteroatoms. The topological polar surface area (TPSA) is 84.5 Å². The van der Waals surface area contributed by atoms with Crippen molar-refractivity contribution < 1.29 is 23.5 Å². The second-order valence-electron chi connectivity index (χ2n) is 6.55. The Hall–Kier alpha value is -3.52. The molecule has 0 radical (unpaired) electrons. The van der Waals surface area contributed by atoms with Crippen LogP contribution >= 0.6 is 11.3 Å². The number of ketones is 1. The summed E-state index contributed by atoms with van der Waals surface area (Å²) in [4.78, 5) is 37.6. The van der Waals surface area contributed by atoms with E-state index in [9.17, 15) is 18.8 Å². The van der Waals surface area contributed by atoms with Crippen LogP contribution in [0.15, 0.2) is 60.7 Å². The number of hydrogen-bond donors (Lipinski definition) is 2. The molecule has 0 bridgehead atoms. The number of Topliss-reactive ketones (excluding diaryl/α,β-unsaturated/α-hetero) is 1. The molecular formula is C23H21FN2O4S. The lowest BCUT2D eigenvalue weighted by Crippen LogP contribution is -2.41. The van der Waals surface area contributed by atoms with Crippen LogP contribution in [0.3, 0.4) is 0 Å². The molecule has 1 heterocycles. The van der Waals surface area contributed by atoms with E-state index in [1.165, 1.54) is 23.5 Å². The third kappa shape index (κ3) is 6.23. The van der Waals surface area contributed by atoms with Gasteiger partial charge in [0.25, 0.3) is 5.91 Å². The molecule has 0 aliphatic carbocycles. The van der Waals surface area contributed by atoms with Crippen LogP contribution in [0.1, 0.15) is 39.8 Å². The monoisotopic (exact) mass is 440 g/mol. The number of hydrazine groups is 1. The minimum atomic E-state index is -0.469. The van der Waals surface area contributed by atoms with Crippen molar-refractivity contribution in [2.45, 2.75) is 19.8 Å². The maximum absolute atomic E-state index is 13.0. The molecule has 0 unspecified atom stereocenters. The third-order valence-electron chi connectivity index (χ3n) is 4.34. The smallest absolute Gasteiger partial charge is 0.279 e. The highest BCUT2D eigenvalue weighted by molar-refractivity contribution is 7.17. The number of benzene rings is 2. The van der Waals surface area contributed by atoms with E-state index in [4.69, 9.17) is 4.74 Å². The summed E-state index contributed by atoms with van der Waals surface area (Å²) in [6.45, 7) is 2.41. The molecule has 0 spiro atoms. The lowest BCUT2D eigenvalue weighted by Gasteiger charge is -2.07. The van der Waals surface area contributed by atoms with Crippen LogP contribution in [0.25, 0.3) is 10.4 Å². The average Bonchev–Trinajstić information content (AvgIpc) is 3.27. The zero-order chi connectivity index (χ0) is 22.2. The summed E-state index contributed by atoms with van der Waals surface area (Å²) in [5, 5.41) is 0. The highest BCUT2D eigenvalue weighted by Crippen LogP contribution is 2.28. The Morgan fingerprint density at radius 3 is 2.29 bits per heavy atom. The van der Waals surface area contributed by atoms with Crippen LogP contribution in [-0.4, -0.2) is 24.2 Å². The highest BCUT2D eigenvalue weighted by Gasteiger charge is 2.13. The molecule has 1 aromatic heterocycles. The first-order valence-electron chi connectivity index (χ1n) is 9.67. The van der Waals surface area contributed by atoms with Gasteiger partial charge in [-0.05, 0) is 61.0 Å². The van der Waals surface area contributed by atoms with Gasteiger partial charge in [0.05, 0.1) is 11.5 Å². The average molecular weight is 440 g/mol. The van der Waals surface area contributed by atoms with Crippen LogP contribution in [0.4, 0.5) is 4.39 Å². The lowest BCUT2D eigenvalue weighted by atomic mass is 10.1. The molecule has 0 aliphatic rings. The first-order chi connectivity index (χ1) is 15.0. The van der Waals surface area contributed by atoms with Gasteiger partial charge in [-0.1, -0.05) is 12.1 Å². The Bertz CT molecular complexity index is 1060. The van der Waals surface area contributed by atoms with Gasteiger partial charge in [0.2, 0.25) is 5.91 Å². The fraction of sp³-hybridized carbons (Fsp3) is 0.174. The fourth-order valence-electron chi connectivity index (χ4n) is 2.75. The molecule has 2 amide bonds. The number of amides is 2. The van der Waals surface area contributed by atoms with Gasteiger partial charge in [-0.3, -0.25) is 25.2 Å². The van der Waals surface area contributed by atoms with Gasteiger partial charge in [-0.25, -0.2) is 4.39 Å². The molecule has 0 fully saturated rings. The van der Waals surface area contributed by atoms with Crippen molar-refractivity contribution in [3.05, 3.63) is 76.9 Å². The molecule has 2 N–H and O–H groups in total. The standard InChI is InChI=1S/C23H21FN2O4S/c1-2-30-18-9-5-15(6-10-18)19(27)11-14-22(28)25-26-23(29)21-13-12-20(31-21)16-3-7-17(24)8-4-16/h3-10,12-13H,2,11,14H2,1H3,(H,25,28)(H,26,29). The number of thiophene rings is 1. The number of ether oxygens (including phenoxy) is 1. The zero-order valence-corrected chi connectivity index (χ0v) is 17.6. The van der Waals surface area contributed by atoms with Crippen molar-refractivity contribution in [1.82, 2.24) is 10.9 Å². The molecule has 0 aliphatic heterocycles. The molecule has 2 aromatic carbocycles. The van der Waals surface area contributed by atoms with E-state index in [0.717, 1.165) is 10.4 Å². The Balaban J connectivity index is 1.45. The molecule has 0 saturated carbocycles. The van der Waals surface area contributed by atoms with Crippen molar-refractivity contribution in [2.24, 2.45) is 0 Å². The molecular weight excluding hydrogens is 419 g/mol. The van der Waals surface area contributed by atoms with E-state index in [1.807, 2.05) is 6.92 Å². The SMILES string of the molecule is CCOc1ccc(C(=O)CCC(=O)NNC(=O)c2ccc(-c3ccc(F)cc3)s2)cc1. The maximum Gasteiger partial charge on any atom is 0.279 e. The van der Waals surface area contributed by atoms with Gasteiger partial charge in [0.1, 0.15) is 11.6 Å². The molecule has 3 aromatic rings. The Kier molecular flexibility index (Phi) is 7.50. The second-order valence-corrected chi connectivity index (χ2v) is 7.64. The zero-order valence-electron chi connectivity index (χ0n) is 16.8. The van der Waals surface area contributed by atoms with Crippen LogP contribution in [0, 0.1) is 5.82 Å². The van der Waals surface area contributed by atoms with Crippen molar-refractivity contribution >= 4 is 28.9 Å². The normalized spacial score (nSPS) is 10.4. The first kappa shape index (κ1) is 22.2. The number of hydrogen-bond acceptors (Lipinski definition) is 5. The lowest BCUT2D eigenvalue weighted by molar-refractivity contribution is -0.121. The van der Waals surface area contributed by atoms with E-state index >= 15 is 0 Å². The van der Waals surface area contributed by atoms with Crippen LogP contribution in [-0.2, 0) is 4.79 Å². The summed E-state index contributed by atoms with van der Waals surface area (Å²) in [7, 11) is 0. The molecule has 0 atom stereocenters. The van der Waals surface area contributed by atoms with Crippen molar-refractivity contribution in [3.63, 3.8) is 0 Å². The van der Waals surface area contributed by atoms with Crippen LogP contribution < -0.4 is 15.6 Å². The summed E-state index contributed by atoms with van der Waals surface area (Å²) in [6.07, 6.45) is -0.0407. The van der Waals surface area contributed by atoms with Crippen LogP contribution in [0.5, 0.6) is 5.75 Å². The van der Waals surface area contributed by atoms with Crippen molar-refractivity contribution in [1.29, 1.82) is 0 Å². The molecule has 0 saturated heterocycles. The third-order valence-corrected chi connectivity index (χ3v) is 5.47. The number of nitrogens with one attached hydrogen (secondary N) is 2. The number of carbonyl (C=O) groups is 3. The van der Waals surface area contributed by atoms with Gasteiger partial charge >= 0.3 is 0 Å². The summed E-state index contributed by atoms with van der Waals surface area (Å²) >= 11 is 1.22. The van der Waals surface area contributed by atoms with E-state index in [0.29, 0.717) is 22.8 Å². The van der Waals surface area contributed by atoms with Crippen molar-refractivity contribution in [3.8, 4) is 16.2 Å². The molecule has 31 heavy (non-hydrogen) atoms. The highest BCUT2D eigenvalue weighted by atomic mass is 32.1. The van der Waals surface area contributed by atoms with Gasteiger partial charge in [-0.15, -0.1) is 11.3 Å². The van der Waals surface area contributed by atoms with Crippen molar-refractivity contribution in [2.75, 3.05) is 6.61 Å². The predicted molar refractivity (Wildman–Crippen MR) is 116 cm³/mol. The number of rotatable bonds is 8. The van der Waals surface area contributed by atoms with Gasteiger partial charge in [-0.2, -0.15) is 0 Å². The molecule has 6 nitrogen and oxygen atoms in total. The van der Waals surface area contributed by atoms with Crippen LogP contribution in [0.2, 0.25) is 0 Å². The first-order valence-corrected chi connectivity index (χ1v) is 10.5. The number of halogens is 1. The Labute approximate surface area is 183 Å². The molecule has 160 valence electrons. The van der Waals surface area contributed by atoms with Gasteiger partial charge in [0, 0.05) is 23.3 Å². The van der Waals surface area contributed by atoms with E-state index in [-0.39, 0.29) is 24.4 Å². The van der Waals surface area contributed by atoms with Gasteiger partial charge in [0.15, 0.2) is 5.78 Å². The second kappa shape index (κ2) is 10.5. The fourth-order valence-corrected chi connectivity index (χ4v) is 3.66. The predicted octanol–water partition coefficient (Wildman–Crippen LogP) is 4.38. The van der Waals surface area contributed by atoms with E-state index in [1.54, 1.807) is 48.5 Å². The molecule has 3 rings (SSSR count). The quantitative estimate of drug-likeness (QED) is 0.402. The largest absolute Gasteiger partial charge is 0.494 e. The Morgan fingerprint density at radius 2 is 1.61 bits per heavy atom. The number of carbonyl (C=O) groups excluding carboxylic acids is 3. The summed E-state index contributed by atoms with van der Waals surface area (Å²) in [6, 6.07) is 16.1. The van der Waals surface area contributed by atoms with E-state index < -0.39 is 11.8 Å². The summed E-state index contributed by atoms with van der Waals surface area (Å²) in [5.74, 6) is -0.767. The summed E-state index contributed by atoms with van der Waals surface area (Å²) < 4.78 is 18.4. The Morgan fingerprint density at radius 1 is 0.903 bits per heavy atom. The van der Waals surface area contributed by atoms with Gasteiger partial charge < -0.3 is 4.74 Å².